The van der Waals surface area contributed by atoms with Crippen LogP contribution < -0.4 is 4.74 Å². The van der Waals surface area contributed by atoms with E-state index in [1.807, 2.05) is 37.4 Å². The zero-order valence-corrected chi connectivity index (χ0v) is 17.2. The van der Waals surface area contributed by atoms with Gasteiger partial charge in [-0.05, 0) is 43.7 Å². The summed E-state index contributed by atoms with van der Waals surface area (Å²) < 4.78 is 7.74. The van der Waals surface area contributed by atoms with E-state index in [9.17, 15) is 0 Å². The summed E-state index contributed by atoms with van der Waals surface area (Å²) in [6, 6.07) is 16.4. The maximum absolute atomic E-state index is 5.60. The molecule has 2 aromatic heterocycles. The van der Waals surface area contributed by atoms with Crippen LogP contribution in [0.2, 0.25) is 0 Å². The number of benzene rings is 2. The SMILES string of the molecule is CCOc1ccc(-n2c(S[C@@H](C)CC)nnc2-c2c[nH]c3ccccc23)cc1. The van der Waals surface area contributed by atoms with E-state index >= 15 is 0 Å². The molecule has 0 fully saturated rings. The number of nitrogens with one attached hydrogen (secondary N) is 1. The van der Waals surface area contributed by atoms with Gasteiger partial charge in [0, 0.05) is 33.6 Å². The quantitative estimate of drug-likeness (QED) is 0.410. The van der Waals surface area contributed by atoms with Gasteiger partial charge in [0.25, 0.3) is 0 Å². The van der Waals surface area contributed by atoms with Crippen LogP contribution in [0.3, 0.4) is 0 Å². The van der Waals surface area contributed by atoms with E-state index < -0.39 is 0 Å². The highest BCUT2D eigenvalue weighted by Gasteiger charge is 2.20. The third kappa shape index (κ3) is 3.52. The first-order valence-electron chi connectivity index (χ1n) is 9.63. The fourth-order valence-electron chi connectivity index (χ4n) is 3.13. The van der Waals surface area contributed by atoms with Crippen molar-refractivity contribution in [3.63, 3.8) is 0 Å². The number of fused-ring (bicyclic) bond motifs is 1. The van der Waals surface area contributed by atoms with Gasteiger partial charge in [0.05, 0.1) is 6.61 Å². The summed E-state index contributed by atoms with van der Waals surface area (Å²) in [6.07, 6.45) is 3.08. The molecule has 1 atom stereocenters. The lowest BCUT2D eigenvalue weighted by atomic mass is 10.1. The largest absolute Gasteiger partial charge is 0.494 e. The molecule has 2 heterocycles. The molecule has 144 valence electrons. The Morgan fingerprint density at radius 3 is 2.61 bits per heavy atom. The smallest absolute Gasteiger partial charge is 0.196 e. The number of para-hydroxylation sites is 1. The van der Waals surface area contributed by atoms with Gasteiger partial charge in [0.1, 0.15) is 5.75 Å². The summed E-state index contributed by atoms with van der Waals surface area (Å²) in [5.41, 5.74) is 3.17. The lowest BCUT2D eigenvalue weighted by molar-refractivity contribution is 0.340. The summed E-state index contributed by atoms with van der Waals surface area (Å²) in [4.78, 5) is 3.34. The van der Waals surface area contributed by atoms with Gasteiger partial charge in [-0.15, -0.1) is 10.2 Å². The lowest BCUT2D eigenvalue weighted by Crippen LogP contribution is -2.02. The first-order valence-corrected chi connectivity index (χ1v) is 10.5. The predicted octanol–water partition coefficient (Wildman–Crippen LogP) is 5.70. The van der Waals surface area contributed by atoms with Crippen LogP contribution in [0.4, 0.5) is 0 Å². The minimum Gasteiger partial charge on any atom is -0.494 e. The summed E-state index contributed by atoms with van der Waals surface area (Å²) in [5.74, 6) is 1.71. The molecule has 0 saturated carbocycles. The molecule has 1 N–H and O–H groups in total. The van der Waals surface area contributed by atoms with Crippen LogP contribution in [-0.4, -0.2) is 31.6 Å². The average Bonchev–Trinajstić information content (AvgIpc) is 3.32. The Morgan fingerprint density at radius 1 is 1.07 bits per heavy atom. The van der Waals surface area contributed by atoms with Crippen molar-refractivity contribution >= 4 is 22.7 Å². The van der Waals surface area contributed by atoms with Crippen molar-refractivity contribution in [2.24, 2.45) is 0 Å². The van der Waals surface area contributed by atoms with Crippen LogP contribution in [-0.2, 0) is 0 Å². The van der Waals surface area contributed by atoms with Gasteiger partial charge in [0.2, 0.25) is 0 Å². The van der Waals surface area contributed by atoms with Gasteiger partial charge in [-0.3, -0.25) is 4.57 Å². The molecule has 5 nitrogen and oxygen atoms in total. The zero-order chi connectivity index (χ0) is 19.5. The van der Waals surface area contributed by atoms with Crippen molar-refractivity contribution in [2.45, 2.75) is 37.6 Å². The monoisotopic (exact) mass is 392 g/mol. The van der Waals surface area contributed by atoms with Gasteiger partial charge >= 0.3 is 0 Å². The molecule has 0 aliphatic heterocycles. The van der Waals surface area contributed by atoms with Crippen molar-refractivity contribution in [3.8, 4) is 22.8 Å². The van der Waals surface area contributed by atoms with Crippen molar-refractivity contribution in [1.29, 1.82) is 0 Å². The maximum Gasteiger partial charge on any atom is 0.196 e. The normalized spacial score (nSPS) is 12.4. The molecule has 4 rings (SSSR count). The summed E-state index contributed by atoms with van der Waals surface area (Å²) >= 11 is 1.75. The summed E-state index contributed by atoms with van der Waals surface area (Å²) in [7, 11) is 0. The molecule has 0 amide bonds. The Bertz CT molecular complexity index is 1070. The topological polar surface area (TPSA) is 55.7 Å². The van der Waals surface area contributed by atoms with E-state index in [2.05, 4.69) is 57.9 Å². The van der Waals surface area contributed by atoms with Gasteiger partial charge in [-0.1, -0.05) is 43.8 Å². The molecule has 0 saturated heterocycles. The molecular weight excluding hydrogens is 368 g/mol. The third-order valence-electron chi connectivity index (χ3n) is 4.75. The minimum atomic E-state index is 0.460. The van der Waals surface area contributed by atoms with E-state index in [0.717, 1.165) is 45.3 Å². The number of aromatic amines is 1. The third-order valence-corrected chi connectivity index (χ3v) is 5.96. The van der Waals surface area contributed by atoms with Crippen LogP contribution in [0, 0.1) is 0 Å². The number of hydrogen-bond acceptors (Lipinski definition) is 4. The Morgan fingerprint density at radius 2 is 1.86 bits per heavy atom. The standard InChI is InChI=1S/C22H24N4OS/c1-4-15(3)28-22-25-24-21(19-14-23-20-9-7-6-8-18(19)20)26(22)16-10-12-17(13-11-16)27-5-2/h6-15,23H,4-5H2,1-3H3/t15-/m0/s1. The summed E-state index contributed by atoms with van der Waals surface area (Å²) in [6.45, 7) is 7.05. The lowest BCUT2D eigenvalue weighted by Gasteiger charge is -2.13. The number of nitrogens with zero attached hydrogens (tertiary/aromatic N) is 3. The maximum atomic E-state index is 5.60. The zero-order valence-electron chi connectivity index (χ0n) is 16.3. The molecule has 0 spiro atoms. The molecule has 0 bridgehead atoms. The van der Waals surface area contributed by atoms with Gasteiger partial charge in [-0.2, -0.15) is 0 Å². The molecule has 4 aromatic rings. The number of thioether (sulfide) groups is 1. The Kier molecular flexibility index (Phi) is 5.39. The average molecular weight is 393 g/mol. The summed E-state index contributed by atoms with van der Waals surface area (Å²) in [5, 5.41) is 11.6. The van der Waals surface area contributed by atoms with Crippen LogP contribution in [0.5, 0.6) is 5.75 Å². The van der Waals surface area contributed by atoms with E-state index in [0.29, 0.717) is 11.9 Å². The Balaban J connectivity index is 1.85. The van der Waals surface area contributed by atoms with E-state index in [-0.39, 0.29) is 0 Å². The molecule has 0 radical (unpaired) electrons. The Hall–Kier alpha value is -2.73. The van der Waals surface area contributed by atoms with Crippen LogP contribution in [0.25, 0.3) is 28.0 Å². The fourth-order valence-corrected chi connectivity index (χ4v) is 4.04. The van der Waals surface area contributed by atoms with Crippen LogP contribution >= 0.6 is 11.8 Å². The number of aromatic nitrogens is 4. The molecule has 0 aliphatic rings. The molecule has 28 heavy (non-hydrogen) atoms. The minimum absolute atomic E-state index is 0.460. The van der Waals surface area contributed by atoms with Crippen molar-refractivity contribution in [3.05, 3.63) is 54.7 Å². The van der Waals surface area contributed by atoms with E-state index in [1.165, 1.54) is 0 Å². The van der Waals surface area contributed by atoms with Gasteiger partial charge in [0.15, 0.2) is 11.0 Å². The predicted molar refractivity (Wildman–Crippen MR) is 115 cm³/mol. The van der Waals surface area contributed by atoms with Crippen LogP contribution in [0.1, 0.15) is 27.2 Å². The number of hydrogen-bond donors (Lipinski definition) is 1. The highest BCUT2D eigenvalue weighted by molar-refractivity contribution is 7.99. The number of ether oxygens (including phenoxy) is 1. The highest BCUT2D eigenvalue weighted by Crippen LogP contribution is 2.34. The van der Waals surface area contributed by atoms with Gasteiger partial charge < -0.3 is 9.72 Å². The molecule has 0 aliphatic carbocycles. The van der Waals surface area contributed by atoms with E-state index in [1.54, 1.807) is 11.8 Å². The number of H-pyrrole nitrogens is 1. The molecular formula is C22H24N4OS. The highest BCUT2D eigenvalue weighted by atomic mass is 32.2. The van der Waals surface area contributed by atoms with E-state index in [4.69, 9.17) is 4.74 Å². The molecule has 2 aromatic carbocycles. The van der Waals surface area contributed by atoms with Crippen molar-refractivity contribution < 1.29 is 4.74 Å². The second-order valence-corrected chi connectivity index (χ2v) is 8.06. The first-order chi connectivity index (χ1) is 13.7. The second kappa shape index (κ2) is 8.10. The van der Waals surface area contributed by atoms with Gasteiger partial charge in [-0.25, -0.2) is 0 Å². The van der Waals surface area contributed by atoms with Crippen molar-refractivity contribution in [2.75, 3.05) is 6.61 Å². The van der Waals surface area contributed by atoms with Crippen LogP contribution in [0.15, 0.2) is 59.9 Å². The number of rotatable bonds is 7. The first kappa shape index (κ1) is 18.6. The second-order valence-electron chi connectivity index (χ2n) is 6.65. The molecule has 6 heteroatoms. The Labute approximate surface area is 169 Å². The fraction of sp³-hybridized carbons (Fsp3) is 0.273. The van der Waals surface area contributed by atoms with Crippen molar-refractivity contribution in [1.82, 2.24) is 19.7 Å². The molecule has 0 unspecified atom stereocenters.